The third kappa shape index (κ3) is 2.85. The van der Waals surface area contributed by atoms with Crippen molar-refractivity contribution in [1.29, 1.82) is 0 Å². The number of ether oxygens (including phenoxy) is 1. The molecular weight excluding hydrogens is 250 g/mol. The number of hydrogen-bond acceptors (Lipinski definition) is 2. The van der Waals surface area contributed by atoms with Gasteiger partial charge in [0.1, 0.15) is 0 Å². The Bertz CT molecular complexity index is 434. The molecule has 1 rings (SSSR count). The summed E-state index contributed by atoms with van der Waals surface area (Å²) in [6.07, 6.45) is 0.797. The van der Waals surface area contributed by atoms with Gasteiger partial charge in [-0.2, -0.15) is 0 Å². The molecule has 0 radical (unpaired) electrons. The molecule has 0 aliphatic carbocycles. The van der Waals surface area contributed by atoms with Gasteiger partial charge in [0.2, 0.25) is 5.91 Å². The number of benzene rings is 1. The van der Waals surface area contributed by atoms with Crippen molar-refractivity contribution in [3.63, 3.8) is 0 Å². The maximum absolute atomic E-state index is 11.8. The third-order valence-electron chi connectivity index (χ3n) is 3.03. The van der Waals surface area contributed by atoms with Gasteiger partial charge in [0.25, 0.3) is 0 Å². The van der Waals surface area contributed by atoms with Crippen molar-refractivity contribution in [2.75, 3.05) is 13.2 Å². The van der Waals surface area contributed by atoms with Crippen LogP contribution >= 0.6 is 11.6 Å². The van der Waals surface area contributed by atoms with Crippen LogP contribution in [0.2, 0.25) is 0 Å². The largest absolute Gasteiger partial charge is 0.379 e. The van der Waals surface area contributed by atoms with Crippen molar-refractivity contribution in [2.24, 2.45) is 5.73 Å². The standard InChI is InChI=1S/C14H20ClNO2/c1-4-11-8-6-7-10(3)12(11)14(15,13(16)17)9-18-5-2/h6-8H,4-5,9H2,1-3H3,(H2,16,17). The number of primary amides is 1. The zero-order chi connectivity index (χ0) is 13.8. The Morgan fingerprint density at radius 1 is 1.44 bits per heavy atom. The van der Waals surface area contributed by atoms with Crippen LogP contribution in [0.3, 0.4) is 0 Å². The number of carbonyl (C=O) groups is 1. The Morgan fingerprint density at radius 2 is 2.11 bits per heavy atom. The number of amides is 1. The fraction of sp³-hybridized carbons (Fsp3) is 0.500. The van der Waals surface area contributed by atoms with E-state index < -0.39 is 10.8 Å². The lowest BCUT2D eigenvalue weighted by atomic mass is 9.88. The van der Waals surface area contributed by atoms with Crippen LogP contribution in [0, 0.1) is 6.92 Å². The van der Waals surface area contributed by atoms with Crippen LogP contribution in [-0.2, 0) is 20.8 Å². The molecule has 1 amide bonds. The van der Waals surface area contributed by atoms with E-state index in [9.17, 15) is 4.79 Å². The molecule has 4 heteroatoms. The second kappa shape index (κ2) is 6.21. The molecule has 100 valence electrons. The molecule has 0 saturated heterocycles. The number of hydrogen-bond donors (Lipinski definition) is 1. The van der Waals surface area contributed by atoms with Gasteiger partial charge in [-0.15, -0.1) is 11.6 Å². The van der Waals surface area contributed by atoms with E-state index in [0.717, 1.165) is 23.1 Å². The van der Waals surface area contributed by atoms with E-state index in [-0.39, 0.29) is 6.61 Å². The monoisotopic (exact) mass is 269 g/mol. The molecule has 1 unspecified atom stereocenters. The quantitative estimate of drug-likeness (QED) is 0.807. The Labute approximate surface area is 113 Å². The van der Waals surface area contributed by atoms with E-state index in [4.69, 9.17) is 22.1 Å². The van der Waals surface area contributed by atoms with E-state index in [1.165, 1.54) is 0 Å². The minimum Gasteiger partial charge on any atom is -0.379 e. The van der Waals surface area contributed by atoms with Crippen LogP contribution < -0.4 is 5.73 Å². The first-order valence-corrected chi connectivity index (χ1v) is 6.50. The second-order valence-corrected chi connectivity index (χ2v) is 4.91. The number of nitrogens with two attached hydrogens (primary N) is 1. The number of alkyl halides is 1. The van der Waals surface area contributed by atoms with Gasteiger partial charge in [0, 0.05) is 6.61 Å². The van der Waals surface area contributed by atoms with Crippen molar-refractivity contribution in [3.8, 4) is 0 Å². The third-order valence-corrected chi connectivity index (χ3v) is 3.52. The van der Waals surface area contributed by atoms with Crippen molar-refractivity contribution in [1.82, 2.24) is 0 Å². The highest BCUT2D eigenvalue weighted by atomic mass is 35.5. The molecule has 18 heavy (non-hydrogen) atoms. The van der Waals surface area contributed by atoms with Crippen LogP contribution in [0.25, 0.3) is 0 Å². The van der Waals surface area contributed by atoms with E-state index in [2.05, 4.69) is 0 Å². The van der Waals surface area contributed by atoms with Crippen LogP contribution in [0.4, 0.5) is 0 Å². The summed E-state index contributed by atoms with van der Waals surface area (Å²) < 4.78 is 5.34. The lowest BCUT2D eigenvalue weighted by Gasteiger charge is -2.27. The molecule has 0 heterocycles. The Kier molecular flexibility index (Phi) is 5.17. The van der Waals surface area contributed by atoms with Gasteiger partial charge in [-0.1, -0.05) is 25.1 Å². The molecule has 1 aromatic rings. The molecule has 0 aliphatic heterocycles. The topological polar surface area (TPSA) is 52.3 Å². The highest BCUT2D eigenvalue weighted by Gasteiger charge is 2.39. The van der Waals surface area contributed by atoms with E-state index >= 15 is 0 Å². The molecule has 2 N–H and O–H groups in total. The van der Waals surface area contributed by atoms with Crippen molar-refractivity contribution in [3.05, 3.63) is 34.9 Å². The Morgan fingerprint density at radius 3 is 2.61 bits per heavy atom. The lowest BCUT2D eigenvalue weighted by Crippen LogP contribution is -2.41. The molecule has 1 atom stereocenters. The zero-order valence-corrected chi connectivity index (χ0v) is 11.9. The molecular formula is C14H20ClNO2. The van der Waals surface area contributed by atoms with Crippen molar-refractivity contribution in [2.45, 2.75) is 32.1 Å². The van der Waals surface area contributed by atoms with Crippen molar-refractivity contribution >= 4 is 17.5 Å². The summed E-state index contributed by atoms with van der Waals surface area (Å²) in [6.45, 7) is 6.40. The summed E-state index contributed by atoms with van der Waals surface area (Å²) in [4.78, 5) is 10.5. The summed E-state index contributed by atoms with van der Waals surface area (Å²) >= 11 is 6.47. The van der Waals surface area contributed by atoms with Crippen molar-refractivity contribution < 1.29 is 9.53 Å². The molecule has 0 aromatic heterocycles. The van der Waals surface area contributed by atoms with Crippen LogP contribution in [0.5, 0.6) is 0 Å². The highest BCUT2D eigenvalue weighted by Crippen LogP contribution is 2.34. The second-order valence-electron chi connectivity index (χ2n) is 4.27. The fourth-order valence-corrected chi connectivity index (χ4v) is 2.45. The Balaban J connectivity index is 3.33. The average molecular weight is 270 g/mol. The highest BCUT2D eigenvalue weighted by molar-refractivity contribution is 6.35. The molecule has 3 nitrogen and oxygen atoms in total. The minimum absolute atomic E-state index is 0.0955. The maximum Gasteiger partial charge on any atom is 0.245 e. The minimum atomic E-state index is -1.29. The van der Waals surface area contributed by atoms with Gasteiger partial charge in [0.15, 0.2) is 4.87 Å². The summed E-state index contributed by atoms with van der Waals surface area (Å²) in [5.41, 5.74) is 8.26. The first kappa shape index (κ1) is 15.0. The van der Waals surface area contributed by atoms with Gasteiger partial charge < -0.3 is 10.5 Å². The lowest BCUT2D eigenvalue weighted by molar-refractivity contribution is -0.122. The van der Waals surface area contributed by atoms with Gasteiger partial charge in [-0.25, -0.2) is 0 Å². The Hall–Kier alpha value is -1.06. The normalized spacial score (nSPS) is 14.2. The smallest absolute Gasteiger partial charge is 0.245 e. The number of carbonyl (C=O) groups excluding carboxylic acids is 1. The predicted molar refractivity (Wildman–Crippen MR) is 73.8 cm³/mol. The van der Waals surface area contributed by atoms with Gasteiger partial charge in [-0.05, 0) is 37.0 Å². The molecule has 0 spiro atoms. The summed E-state index contributed by atoms with van der Waals surface area (Å²) in [5, 5.41) is 0. The van der Waals surface area contributed by atoms with Gasteiger partial charge in [-0.3, -0.25) is 4.79 Å². The molecule has 0 saturated carbocycles. The van der Waals surface area contributed by atoms with E-state index in [0.29, 0.717) is 6.61 Å². The summed E-state index contributed by atoms with van der Waals surface area (Å²) in [7, 11) is 0. The van der Waals surface area contributed by atoms with E-state index in [1.54, 1.807) is 0 Å². The number of rotatable bonds is 6. The van der Waals surface area contributed by atoms with Gasteiger partial charge in [0.05, 0.1) is 6.61 Å². The fourth-order valence-electron chi connectivity index (χ4n) is 2.10. The average Bonchev–Trinajstić information content (AvgIpc) is 2.35. The zero-order valence-electron chi connectivity index (χ0n) is 11.1. The molecule has 0 fully saturated rings. The summed E-state index contributed by atoms with van der Waals surface area (Å²) in [6, 6.07) is 5.85. The summed E-state index contributed by atoms with van der Waals surface area (Å²) in [5.74, 6) is -0.568. The SMILES string of the molecule is CCOCC(Cl)(C(N)=O)c1c(C)cccc1CC. The molecule has 0 bridgehead atoms. The maximum atomic E-state index is 11.8. The van der Waals surface area contributed by atoms with Gasteiger partial charge >= 0.3 is 0 Å². The van der Waals surface area contributed by atoms with Crippen LogP contribution in [-0.4, -0.2) is 19.1 Å². The van der Waals surface area contributed by atoms with Crippen LogP contribution in [0.15, 0.2) is 18.2 Å². The number of halogens is 1. The van der Waals surface area contributed by atoms with Crippen LogP contribution in [0.1, 0.15) is 30.5 Å². The predicted octanol–water partition coefficient (Wildman–Crippen LogP) is 2.51. The molecule has 0 aliphatic rings. The first-order chi connectivity index (χ1) is 8.47. The molecule has 1 aromatic carbocycles. The van der Waals surface area contributed by atoms with E-state index in [1.807, 2.05) is 39.0 Å². The first-order valence-electron chi connectivity index (χ1n) is 6.12. The number of aryl methyl sites for hydroxylation is 2.